The van der Waals surface area contributed by atoms with Crippen molar-refractivity contribution in [3.05, 3.63) is 48.0 Å². The number of carbonyl (C=O) groups excluding carboxylic acids is 1. The molecule has 0 saturated carbocycles. The van der Waals surface area contributed by atoms with Gasteiger partial charge < -0.3 is 10.6 Å². The average molecular weight is 384 g/mol. The van der Waals surface area contributed by atoms with Crippen LogP contribution in [0.3, 0.4) is 0 Å². The Morgan fingerprint density at radius 1 is 1.21 bits per heavy atom. The molecule has 1 amide bonds. The zero-order chi connectivity index (χ0) is 20.7. The maximum absolute atomic E-state index is 15.0. The third kappa shape index (κ3) is 2.89. The van der Waals surface area contributed by atoms with Gasteiger partial charge in [0.05, 0.1) is 5.41 Å². The molecule has 2 aromatic rings. The maximum Gasteiger partial charge on any atom is 0.237 e. The van der Waals surface area contributed by atoms with Crippen molar-refractivity contribution in [3.63, 3.8) is 0 Å². The van der Waals surface area contributed by atoms with Crippen LogP contribution < -0.4 is 10.6 Å². The number of benzene rings is 1. The molecule has 7 nitrogen and oxygen atoms in total. The molecule has 0 saturated heterocycles. The molecule has 8 heteroatoms. The first-order chi connectivity index (χ1) is 13.1. The van der Waals surface area contributed by atoms with Gasteiger partial charge in [-0.05, 0) is 52.0 Å². The fraction of sp³-hybridized carbons (Fsp3) is 0.400. The molecule has 1 atom stereocenters. The number of guanidine groups is 1. The summed E-state index contributed by atoms with van der Waals surface area (Å²) in [6.45, 7) is 7.79. The Morgan fingerprint density at radius 2 is 1.86 bits per heavy atom. The largest absolute Gasteiger partial charge is 0.369 e. The molecule has 3 rings (SSSR count). The van der Waals surface area contributed by atoms with Crippen molar-refractivity contribution in [2.75, 3.05) is 18.5 Å². The highest BCUT2D eigenvalue weighted by molar-refractivity contribution is 6.01. The summed E-state index contributed by atoms with van der Waals surface area (Å²) in [7, 11) is 1.57. The first-order valence-corrected chi connectivity index (χ1v) is 9.11. The van der Waals surface area contributed by atoms with Gasteiger partial charge in [0.2, 0.25) is 11.9 Å². The molecule has 1 aliphatic heterocycles. The van der Waals surface area contributed by atoms with Crippen molar-refractivity contribution in [2.24, 2.45) is 16.1 Å². The van der Waals surface area contributed by atoms with Gasteiger partial charge in [0.15, 0.2) is 5.96 Å². The van der Waals surface area contributed by atoms with Crippen molar-refractivity contribution in [3.8, 4) is 0 Å². The first-order valence-electron chi connectivity index (χ1n) is 9.11. The summed E-state index contributed by atoms with van der Waals surface area (Å²) in [4.78, 5) is 29.1. The van der Waals surface area contributed by atoms with Crippen LogP contribution in [0.1, 0.15) is 33.3 Å². The summed E-state index contributed by atoms with van der Waals surface area (Å²) in [5.74, 6) is -0.0888. The maximum atomic E-state index is 15.0. The quantitative estimate of drug-likeness (QED) is 0.876. The van der Waals surface area contributed by atoms with Gasteiger partial charge in [-0.1, -0.05) is 0 Å². The Hall–Kier alpha value is -3.03. The zero-order valence-corrected chi connectivity index (χ0v) is 16.8. The Labute approximate surface area is 164 Å². The number of nitrogens with two attached hydrogens (primary N) is 1. The van der Waals surface area contributed by atoms with E-state index < -0.39 is 16.8 Å². The van der Waals surface area contributed by atoms with E-state index in [0.717, 1.165) is 0 Å². The summed E-state index contributed by atoms with van der Waals surface area (Å²) in [5.41, 5.74) is 4.82. The van der Waals surface area contributed by atoms with Crippen molar-refractivity contribution < 1.29 is 9.18 Å². The Bertz CT molecular complexity index is 930. The SMILES string of the molecule is CCN(c1ccc(F)c([C@@]2(C)N=C(N)N(C)C(=O)C2(C)C)c1)c1ncccn1. The van der Waals surface area contributed by atoms with Crippen LogP contribution in [0.15, 0.2) is 41.7 Å². The van der Waals surface area contributed by atoms with Crippen molar-refractivity contribution in [1.82, 2.24) is 14.9 Å². The number of anilines is 2. The van der Waals surface area contributed by atoms with Gasteiger partial charge in [-0.15, -0.1) is 0 Å². The van der Waals surface area contributed by atoms with E-state index in [-0.39, 0.29) is 11.9 Å². The third-order valence-electron chi connectivity index (χ3n) is 5.63. The lowest BCUT2D eigenvalue weighted by Crippen LogP contribution is -2.58. The molecule has 28 heavy (non-hydrogen) atoms. The van der Waals surface area contributed by atoms with Gasteiger partial charge in [0.25, 0.3) is 0 Å². The number of carbonyl (C=O) groups is 1. The van der Waals surface area contributed by atoms with Crippen LogP contribution >= 0.6 is 0 Å². The van der Waals surface area contributed by atoms with Gasteiger partial charge in [0, 0.05) is 37.2 Å². The molecular weight excluding hydrogens is 359 g/mol. The second-order valence-electron chi connectivity index (χ2n) is 7.49. The van der Waals surface area contributed by atoms with Crippen LogP contribution in [0.4, 0.5) is 16.0 Å². The number of rotatable bonds is 4. The minimum absolute atomic E-state index is 0.0652. The Morgan fingerprint density at radius 3 is 2.46 bits per heavy atom. The Kier molecular flexibility index (Phi) is 4.82. The monoisotopic (exact) mass is 384 g/mol. The molecular formula is C20H25FN6O. The van der Waals surface area contributed by atoms with E-state index in [1.165, 1.54) is 11.0 Å². The summed E-state index contributed by atoms with van der Waals surface area (Å²) in [6, 6.07) is 6.48. The van der Waals surface area contributed by atoms with Crippen LogP contribution in [-0.2, 0) is 10.3 Å². The lowest BCUT2D eigenvalue weighted by Gasteiger charge is -2.46. The predicted octanol–water partition coefficient (Wildman–Crippen LogP) is 2.80. The van der Waals surface area contributed by atoms with Gasteiger partial charge in [0.1, 0.15) is 11.4 Å². The van der Waals surface area contributed by atoms with Gasteiger partial charge in [-0.25, -0.2) is 19.4 Å². The van der Waals surface area contributed by atoms with E-state index in [2.05, 4.69) is 15.0 Å². The molecule has 0 spiro atoms. The number of amides is 1. The molecule has 0 unspecified atom stereocenters. The molecule has 2 N–H and O–H groups in total. The van der Waals surface area contributed by atoms with Crippen LogP contribution in [0.25, 0.3) is 0 Å². The van der Waals surface area contributed by atoms with Crippen LogP contribution in [-0.4, -0.2) is 40.3 Å². The van der Waals surface area contributed by atoms with Gasteiger partial charge in [-0.2, -0.15) is 0 Å². The molecule has 1 aromatic heterocycles. The van der Waals surface area contributed by atoms with E-state index in [1.54, 1.807) is 58.4 Å². The van der Waals surface area contributed by atoms with Crippen molar-refractivity contribution in [1.29, 1.82) is 0 Å². The highest BCUT2D eigenvalue weighted by Gasteiger charge is 2.53. The van der Waals surface area contributed by atoms with Gasteiger partial charge >= 0.3 is 0 Å². The van der Waals surface area contributed by atoms with Crippen LogP contribution in [0.5, 0.6) is 0 Å². The minimum atomic E-state index is -1.17. The number of aliphatic imine (C=N–C) groups is 1. The lowest BCUT2D eigenvalue weighted by atomic mass is 9.67. The second-order valence-corrected chi connectivity index (χ2v) is 7.49. The molecule has 0 aliphatic carbocycles. The van der Waals surface area contributed by atoms with E-state index >= 15 is 0 Å². The van der Waals surface area contributed by atoms with E-state index in [4.69, 9.17) is 5.73 Å². The minimum Gasteiger partial charge on any atom is -0.369 e. The molecule has 1 aromatic carbocycles. The number of halogens is 1. The molecule has 0 fully saturated rings. The van der Waals surface area contributed by atoms with Crippen LogP contribution in [0.2, 0.25) is 0 Å². The Balaban J connectivity index is 2.18. The zero-order valence-electron chi connectivity index (χ0n) is 16.8. The van der Waals surface area contributed by atoms with E-state index in [1.807, 2.05) is 11.8 Å². The topological polar surface area (TPSA) is 87.7 Å². The van der Waals surface area contributed by atoms with Crippen molar-refractivity contribution >= 4 is 23.5 Å². The molecule has 2 heterocycles. The normalized spacial score (nSPS) is 21.4. The van der Waals surface area contributed by atoms with E-state index in [0.29, 0.717) is 23.7 Å². The fourth-order valence-corrected chi connectivity index (χ4v) is 3.50. The fourth-order valence-electron chi connectivity index (χ4n) is 3.50. The molecule has 1 aliphatic rings. The summed E-state index contributed by atoms with van der Waals surface area (Å²) in [5, 5.41) is 0. The number of aromatic nitrogens is 2. The number of nitrogens with zero attached hydrogens (tertiary/aromatic N) is 5. The summed E-state index contributed by atoms with van der Waals surface area (Å²) in [6.07, 6.45) is 3.31. The second kappa shape index (κ2) is 6.85. The molecule has 0 bridgehead atoms. The highest BCUT2D eigenvalue weighted by Crippen LogP contribution is 2.48. The van der Waals surface area contributed by atoms with E-state index in [9.17, 15) is 9.18 Å². The summed E-state index contributed by atoms with van der Waals surface area (Å²) >= 11 is 0. The standard InChI is InChI=1S/C20H25FN6O/c1-6-27(18-23-10-7-11-24-18)13-8-9-15(21)14(12-13)20(4)19(2,3)16(28)26(5)17(22)25-20/h7-12H,6H2,1-5H3,(H2,22,25)/t20-/m1/s1. The number of hydrogen-bond donors (Lipinski definition) is 1. The van der Waals surface area contributed by atoms with Crippen LogP contribution in [0, 0.1) is 11.2 Å². The average Bonchev–Trinajstić information content (AvgIpc) is 2.68. The van der Waals surface area contributed by atoms with Crippen molar-refractivity contribution in [2.45, 2.75) is 33.2 Å². The number of hydrogen-bond acceptors (Lipinski definition) is 6. The summed E-state index contributed by atoms with van der Waals surface area (Å²) < 4.78 is 15.0. The lowest BCUT2D eigenvalue weighted by molar-refractivity contribution is -0.140. The predicted molar refractivity (Wildman–Crippen MR) is 107 cm³/mol. The third-order valence-corrected chi connectivity index (χ3v) is 5.63. The molecule has 148 valence electrons. The highest BCUT2D eigenvalue weighted by atomic mass is 19.1. The first kappa shape index (κ1) is 19.7. The van der Waals surface area contributed by atoms with Gasteiger partial charge in [-0.3, -0.25) is 9.69 Å². The molecule has 0 radical (unpaired) electrons. The smallest absolute Gasteiger partial charge is 0.237 e.